The summed E-state index contributed by atoms with van der Waals surface area (Å²) < 4.78 is 30.2. The third-order valence-electron chi connectivity index (χ3n) is 5.13. The highest BCUT2D eigenvalue weighted by molar-refractivity contribution is 5.97. The average Bonchev–Trinajstić information content (AvgIpc) is 3.53. The monoisotopic (exact) mass is 477 g/mol. The van der Waals surface area contributed by atoms with Crippen molar-refractivity contribution in [1.82, 2.24) is 35.3 Å². The lowest BCUT2D eigenvalue weighted by Gasteiger charge is -2.10. The number of carbonyl (C=O) groups excluding carboxylic acids is 1. The predicted molar refractivity (Wildman–Crippen MR) is 121 cm³/mol. The number of ether oxygens (including phenoxy) is 2. The number of aromatic nitrogens is 6. The van der Waals surface area contributed by atoms with Crippen LogP contribution in [-0.4, -0.2) is 56.2 Å². The Bertz CT molecular complexity index is 1480. The van der Waals surface area contributed by atoms with E-state index in [9.17, 15) is 9.18 Å². The van der Waals surface area contributed by atoms with Crippen molar-refractivity contribution in [3.63, 3.8) is 0 Å². The predicted octanol–water partition coefficient (Wildman–Crippen LogP) is 2.75. The van der Waals surface area contributed by atoms with Crippen molar-refractivity contribution in [3.8, 4) is 17.4 Å². The number of methoxy groups -OCH3 is 1. The molecule has 0 unspecified atom stereocenters. The number of nitrogens with one attached hydrogen (secondary N) is 1. The minimum atomic E-state index is -0.629. The van der Waals surface area contributed by atoms with Gasteiger partial charge in [-0.25, -0.2) is 4.39 Å². The van der Waals surface area contributed by atoms with Gasteiger partial charge in [0.1, 0.15) is 19.9 Å². The topological polar surface area (TPSA) is 130 Å². The molecule has 1 amide bonds. The van der Waals surface area contributed by atoms with Gasteiger partial charge in [0.25, 0.3) is 5.91 Å². The Morgan fingerprint density at radius 3 is 2.77 bits per heavy atom. The first kappa shape index (κ1) is 22.3. The molecule has 0 atom stereocenters. The first-order chi connectivity index (χ1) is 17.2. The summed E-state index contributed by atoms with van der Waals surface area (Å²) in [5.74, 6) is 0.900. The fraction of sp³-hybridized carbons (Fsp3) is 0.217. The Hall–Kier alpha value is -4.45. The molecule has 0 radical (unpaired) electrons. The summed E-state index contributed by atoms with van der Waals surface area (Å²) in [5.41, 5.74) is 1.92. The molecule has 4 aromatic heterocycles. The number of halogens is 1. The second-order valence-electron chi connectivity index (χ2n) is 7.49. The highest BCUT2D eigenvalue weighted by atomic mass is 19.1. The standard InChI is InChI=1S/C23H20FN7O4/c1-33-13-16-10-19(30-35-16)21-28-27-20-17-4-2-3-5-18(17)23(29-31(20)21)34-12-15-7-6-14(11-26-15)22(32)25-9-8-24/h2-7,10-11H,8-9,12-13H2,1H3,(H,25,32). The summed E-state index contributed by atoms with van der Waals surface area (Å²) in [6, 6.07) is 12.5. The van der Waals surface area contributed by atoms with E-state index in [1.54, 1.807) is 29.8 Å². The molecule has 0 bridgehead atoms. The van der Waals surface area contributed by atoms with E-state index >= 15 is 0 Å². The lowest BCUT2D eigenvalue weighted by molar-refractivity contribution is 0.0950. The Morgan fingerprint density at radius 2 is 2.00 bits per heavy atom. The third-order valence-corrected chi connectivity index (χ3v) is 5.13. The molecule has 178 valence electrons. The summed E-state index contributed by atoms with van der Waals surface area (Å²) in [5, 5.41) is 21.2. The van der Waals surface area contributed by atoms with Crippen molar-refractivity contribution in [2.45, 2.75) is 13.2 Å². The van der Waals surface area contributed by atoms with Crippen molar-refractivity contribution in [1.29, 1.82) is 0 Å². The Kier molecular flexibility index (Phi) is 6.26. The highest BCUT2D eigenvalue weighted by Crippen LogP contribution is 2.29. The van der Waals surface area contributed by atoms with Gasteiger partial charge in [0, 0.05) is 36.7 Å². The number of pyridine rings is 1. The minimum absolute atomic E-state index is 0.0436. The molecular weight excluding hydrogens is 457 g/mol. The maximum atomic E-state index is 12.3. The van der Waals surface area contributed by atoms with Gasteiger partial charge in [-0.1, -0.05) is 23.4 Å². The Labute approximate surface area is 197 Å². The molecule has 11 nitrogen and oxygen atoms in total. The molecule has 12 heteroatoms. The van der Waals surface area contributed by atoms with Gasteiger partial charge in [-0.3, -0.25) is 9.78 Å². The van der Waals surface area contributed by atoms with Crippen molar-refractivity contribution >= 4 is 22.3 Å². The van der Waals surface area contributed by atoms with Crippen LogP contribution in [0.3, 0.4) is 0 Å². The number of nitrogens with zero attached hydrogens (tertiary/aromatic N) is 6. The number of rotatable bonds is 9. The Balaban J connectivity index is 1.44. The smallest absolute Gasteiger partial charge is 0.252 e. The number of hydrogen-bond donors (Lipinski definition) is 1. The zero-order valence-corrected chi connectivity index (χ0v) is 18.6. The van der Waals surface area contributed by atoms with Gasteiger partial charge in [-0.2, -0.15) is 4.52 Å². The summed E-state index contributed by atoms with van der Waals surface area (Å²) in [6.45, 7) is -0.292. The largest absolute Gasteiger partial charge is 0.470 e. The maximum Gasteiger partial charge on any atom is 0.252 e. The first-order valence-corrected chi connectivity index (χ1v) is 10.7. The van der Waals surface area contributed by atoms with Crippen LogP contribution in [0.25, 0.3) is 27.9 Å². The third kappa shape index (κ3) is 4.51. The molecule has 0 aliphatic rings. The molecule has 5 aromatic rings. The lowest BCUT2D eigenvalue weighted by Crippen LogP contribution is -2.25. The van der Waals surface area contributed by atoms with Crippen molar-refractivity contribution in [2.75, 3.05) is 20.3 Å². The van der Waals surface area contributed by atoms with Crippen LogP contribution in [0.2, 0.25) is 0 Å². The number of fused-ring (bicyclic) bond motifs is 3. The molecule has 0 aliphatic carbocycles. The number of alkyl halides is 1. The van der Waals surface area contributed by atoms with Gasteiger partial charge >= 0.3 is 0 Å². The number of carbonyl (C=O) groups is 1. The van der Waals surface area contributed by atoms with E-state index in [0.29, 0.717) is 40.1 Å². The molecule has 4 heterocycles. The molecule has 0 saturated heterocycles. The van der Waals surface area contributed by atoms with E-state index in [0.717, 1.165) is 10.8 Å². The molecule has 1 aromatic carbocycles. The van der Waals surface area contributed by atoms with Gasteiger partial charge in [0.2, 0.25) is 11.7 Å². The molecule has 0 fully saturated rings. The second kappa shape index (κ2) is 9.81. The zero-order chi connectivity index (χ0) is 24.2. The average molecular weight is 477 g/mol. The van der Waals surface area contributed by atoms with Crippen LogP contribution >= 0.6 is 0 Å². The zero-order valence-electron chi connectivity index (χ0n) is 18.6. The normalized spacial score (nSPS) is 11.3. The molecule has 0 spiro atoms. The summed E-state index contributed by atoms with van der Waals surface area (Å²) in [4.78, 5) is 16.2. The van der Waals surface area contributed by atoms with Crippen LogP contribution < -0.4 is 10.1 Å². The van der Waals surface area contributed by atoms with Crippen LogP contribution in [-0.2, 0) is 18.0 Å². The van der Waals surface area contributed by atoms with Gasteiger partial charge < -0.3 is 19.3 Å². The van der Waals surface area contributed by atoms with Gasteiger partial charge in [-0.05, 0) is 18.2 Å². The summed E-state index contributed by atoms with van der Waals surface area (Å²) >= 11 is 0. The fourth-order valence-corrected chi connectivity index (χ4v) is 3.50. The van der Waals surface area contributed by atoms with E-state index < -0.39 is 6.67 Å². The number of amides is 1. The van der Waals surface area contributed by atoms with E-state index in [2.05, 4.69) is 30.8 Å². The first-order valence-electron chi connectivity index (χ1n) is 10.7. The second-order valence-corrected chi connectivity index (χ2v) is 7.49. The summed E-state index contributed by atoms with van der Waals surface area (Å²) in [7, 11) is 1.57. The molecule has 1 N–H and O–H groups in total. The summed E-state index contributed by atoms with van der Waals surface area (Å²) in [6.07, 6.45) is 1.42. The van der Waals surface area contributed by atoms with Crippen LogP contribution in [0.1, 0.15) is 21.8 Å². The molecule has 5 rings (SSSR count). The van der Waals surface area contributed by atoms with Crippen LogP contribution in [0, 0.1) is 0 Å². The van der Waals surface area contributed by atoms with Crippen LogP contribution in [0.15, 0.2) is 53.2 Å². The van der Waals surface area contributed by atoms with Crippen molar-refractivity contribution in [3.05, 3.63) is 65.7 Å². The SMILES string of the molecule is COCc1cc(-c2nnc3c4ccccc4c(OCc4ccc(C(=O)NCCF)cn4)nn23)no1. The fourth-order valence-electron chi connectivity index (χ4n) is 3.50. The van der Waals surface area contributed by atoms with Crippen molar-refractivity contribution < 1.29 is 23.2 Å². The number of hydrogen-bond acceptors (Lipinski definition) is 9. The van der Waals surface area contributed by atoms with Crippen LogP contribution in [0.4, 0.5) is 4.39 Å². The van der Waals surface area contributed by atoms with E-state index in [1.165, 1.54) is 6.20 Å². The lowest BCUT2D eigenvalue weighted by atomic mass is 10.2. The number of benzene rings is 1. The Morgan fingerprint density at radius 1 is 1.14 bits per heavy atom. The molecule has 0 aliphatic heterocycles. The molecule has 35 heavy (non-hydrogen) atoms. The molecular formula is C23H20FN7O4. The van der Waals surface area contributed by atoms with Crippen molar-refractivity contribution in [2.24, 2.45) is 0 Å². The maximum absolute atomic E-state index is 12.3. The molecule has 0 saturated carbocycles. The van der Waals surface area contributed by atoms with Crippen LogP contribution in [0.5, 0.6) is 5.88 Å². The van der Waals surface area contributed by atoms with E-state index in [4.69, 9.17) is 14.0 Å². The van der Waals surface area contributed by atoms with E-state index in [1.807, 2.05) is 24.3 Å². The van der Waals surface area contributed by atoms with Gasteiger partial charge in [-0.15, -0.1) is 15.3 Å². The highest BCUT2D eigenvalue weighted by Gasteiger charge is 2.19. The quantitative estimate of drug-likeness (QED) is 0.341. The van der Waals surface area contributed by atoms with E-state index in [-0.39, 0.29) is 25.7 Å². The van der Waals surface area contributed by atoms with Gasteiger partial charge in [0.15, 0.2) is 17.1 Å². The minimum Gasteiger partial charge on any atom is -0.470 e. The van der Waals surface area contributed by atoms with Gasteiger partial charge in [0.05, 0.1) is 11.3 Å².